The van der Waals surface area contributed by atoms with E-state index in [0.29, 0.717) is 29.5 Å². The average Bonchev–Trinajstić information content (AvgIpc) is 3.63. The highest BCUT2D eigenvalue weighted by Gasteiger charge is 2.25. The van der Waals surface area contributed by atoms with E-state index in [-0.39, 0.29) is 11.4 Å². The van der Waals surface area contributed by atoms with Crippen LogP contribution in [0.15, 0.2) is 104 Å². The molecule has 0 atom stereocenters. The van der Waals surface area contributed by atoms with Crippen molar-refractivity contribution in [2.24, 2.45) is 4.99 Å². The van der Waals surface area contributed by atoms with Crippen molar-refractivity contribution in [2.45, 2.75) is 13.5 Å². The minimum atomic E-state index is 0.172. The Morgan fingerprint density at radius 3 is 2.41 bits per heavy atom. The predicted octanol–water partition coefficient (Wildman–Crippen LogP) is 7.31. The summed E-state index contributed by atoms with van der Waals surface area (Å²) < 4.78 is 22.9. The Morgan fingerprint density at radius 2 is 1.71 bits per heavy atom. The van der Waals surface area contributed by atoms with E-state index in [2.05, 4.69) is 30.1 Å². The first kappa shape index (κ1) is 21.1. The molecular formula is C28H20N2O4. The molecule has 0 saturated heterocycles. The average molecular weight is 448 g/mol. The van der Waals surface area contributed by atoms with Gasteiger partial charge in [0, 0.05) is 6.21 Å². The van der Waals surface area contributed by atoms with Crippen molar-refractivity contribution in [1.82, 2.24) is 0 Å². The number of aliphatic imine (C=N–C) groups is 1. The second-order valence-electron chi connectivity index (χ2n) is 7.66. The number of rotatable bonds is 7. The van der Waals surface area contributed by atoms with Gasteiger partial charge in [-0.25, -0.2) is 4.99 Å². The van der Waals surface area contributed by atoms with Crippen molar-refractivity contribution >= 4 is 12.1 Å². The second-order valence-corrected chi connectivity index (χ2v) is 7.66. The lowest BCUT2D eigenvalue weighted by Gasteiger charge is -2.07. The molecule has 34 heavy (non-hydrogen) atoms. The Morgan fingerprint density at radius 1 is 0.941 bits per heavy atom. The first-order chi connectivity index (χ1) is 16.7. The maximum atomic E-state index is 9.87. The molecule has 0 bridgehead atoms. The first-order valence-corrected chi connectivity index (χ1v) is 10.7. The monoisotopic (exact) mass is 448 g/mol. The van der Waals surface area contributed by atoms with Gasteiger partial charge in [-0.05, 0) is 54.4 Å². The lowest BCUT2D eigenvalue weighted by molar-refractivity contribution is 0.306. The Balaban J connectivity index is 1.42. The van der Waals surface area contributed by atoms with Gasteiger partial charge in [0.05, 0.1) is 18.1 Å². The topological polar surface area (TPSA) is 84.8 Å². The van der Waals surface area contributed by atoms with Gasteiger partial charge in [0.25, 0.3) is 0 Å². The van der Waals surface area contributed by atoms with E-state index >= 15 is 0 Å². The molecule has 0 saturated carbocycles. The maximum Gasteiger partial charge on any atom is 0.238 e. The zero-order valence-corrected chi connectivity index (χ0v) is 18.4. The lowest BCUT2D eigenvalue weighted by Crippen LogP contribution is -1.96. The van der Waals surface area contributed by atoms with Crippen LogP contribution >= 0.6 is 0 Å². The van der Waals surface area contributed by atoms with Crippen LogP contribution in [-0.2, 0) is 6.61 Å². The highest BCUT2D eigenvalue weighted by atomic mass is 16.5. The van der Waals surface area contributed by atoms with Crippen LogP contribution in [0.1, 0.15) is 22.3 Å². The Kier molecular flexibility index (Phi) is 5.83. The van der Waals surface area contributed by atoms with Crippen LogP contribution in [0.2, 0.25) is 0 Å². The van der Waals surface area contributed by atoms with Gasteiger partial charge >= 0.3 is 0 Å². The number of benzene rings is 2. The third-order valence-corrected chi connectivity index (χ3v) is 5.23. The third kappa shape index (κ3) is 4.41. The zero-order chi connectivity index (χ0) is 23.3. The van der Waals surface area contributed by atoms with Gasteiger partial charge in [-0.2, -0.15) is 5.26 Å². The number of nitriles is 1. The van der Waals surface area contributed by atoms with Crippen molar-refractivity contribution in [3.05, 3.63) is 108 Å². The SMILES string of the molecule is Cc1ccc(COc2cccc(C=Nc3oc(-c4ccco4)c(-c4ccco4)c3C#N)c2)cc1. The quantitative estimate of drug-likeness (QED) is 0.244. The summed E-state index contributed by atoms with van der Waals surface area (Å²) >= 11 is 0. The lowest BCUT2D eigenvalue weighted by atomic mass is 10.1. The normalized spacial score (nSPS) is 11.1. The molecule has 2 aromatic carbocycles. The van der Waals surface area contributed by atoms with Crippen molar-refractivity contribution in [3.63, 3.8) is 0 Å². The van der Waals surface area contributed by atoms with Gasteiger partial charge in [-0.1, -0.05) is 42.0 Å². The number of aryl methyl sites for hydroxylation is 1. The highest BCUT2D eigenvalue weighted by molar-refractivity contribution is 5.87. The van der Waals surface area contributed by atoms with Crippen LogP contribution in [0, 0.1) is 18.3 Å². The smallest absolute Gasteiger partial charge is 0.238 e. The van der Waals surface area contributed by atoms with E-state index < -0.39 is 0 Å². The summed E-state index contributed by atoms with van der Waals surface area (Å²) in [5.74, 6) is 2.26. The predicted molar refractivity (Wildman–Crippen MR) is 128 cm³/mol. The molecule has 0 N–H and O–H groups in total. The van der Waals surface area contributed by atoms with Crippen LogP contribution in [0.5, 0.6) is 5.75 Å². The summed E-state index contributed by atoms with van der Waals surface area (Å²) in [4.78, 5) is 4.46. The summed E-state index contributed by atoms with van der Waals surface area (Å²) in [6.45, 7) is 2.52. The maximum absolute atomic E-state index is 9.87. The number of hydrogen-bond donors (Lipinski definition) is 0. The Bertz CT molecular complexity index is 1450. The van der Waals surface area contributed by atoms with Crippen molar-refractivity contribution in [3.8, 4) is 34.7 Å². The number of nitrogens with zero attached hydrogens (tertiary/aromatic N) is 2. The second kappa shape index (κ2) is 9.39. The van der Waals surface area contributed by atoms with Gasteiger partial charge < -0.3 is 18.0 Å². The molecule has 0 spiro atoms. The minimum absolute atomic E-state index is 0.172. The first-order valence-electron chi connectivity index (χ1n) is 10.7. The fourth-order valence-corrected chi connectivity index (χ4v) is 3.52. The van der Waals surface area contributed by atoms with Gasteiger partial charge in [0.15, 0.2) is 11.5 Å². The molecule has 0 amide bonds. The van der Waals surface area contributed by atoms with E-state index in [1.807, 2.05) is 36.4 Å². The number of furan rings is 3. The summed E-state index contributed by atoms with van der Waals surface area (Å²) in [5, 5.41) is 9.87. The van der Waals surface area contributed by atoms with Crippen molar-refractivity contribution in [1.29, 1.82) is 5.26 Å². The molecule has 0 aliphatic carbocycles. The molecule has 5 aromatic rings. The highest BCUT2D eigenvalue weighted by Crippen LogP contribution is 2.42. The molecule has 3 aromatic heterocycles. The molecule has 6 nitrogen and oxygen atoms in total. The van der Waals surface area contributed by atoms with Crippen LogP contribution in [-0.4, -0.2) is 6.21 Å². The zero-order valence-electron chi connectivity index (χ0n) is 18.4. The van der Waals surface area contributed by atoms with Gasteiger partial charge in [-0.3, -0.25) is 0 Å². The van der Waals surface area contributed by atoms with E-state index in [9.17, 15) is 5.26 Å². The number of hydrogen-bond acceptors (Lipinski definition) is 6. The Hall–Kier alpha value is -4.76. The molecule has 0 radical (unpaired) electrons. The molecule has 6 heteroatoms. The van der Waals surface area contributed by atoms with Crippen LogP contribution in [0.25, 0.3) is 22.8 Å². The van der Waals surface area contributed by atoms with E-state index in [1.54, 1.807) is 43.0 Å². The standard InChI is InChI=1S/C28H20N2O4/c1-19-9-11-20(12-10-19)18-33-22-6-2-5-21(15-22)17-30-28-23(16-29)26(24-7-3-13-31-24)27(34-28)25-8-4-14-32-25/h2-15,17H,18H2,1H3. The van der Waals surface area contributed by atoms with Crippen LogP contribution < -0.4 is 4.74 Å². The summed E-state index contributed by atoms with van der Waals surface area (Å²) in [6.07, 6.45) is 4.72. The summed E-state index contributed by atoms with van der Waals surface area (Å²) in [5.41, 5.74) is 3.88. The molecule has 0 aliphatic heterocycles. The largest absolute Gasteiger partial charge is 0.489 e. The van der Waals surface area contributed by atoms with Gasteiger partial charge in [0.1, 0.15) is 29.7 Å². The van der Waals surface area contributed by atoms with Gasteiger partial charge in [-0.15, -0.1) is 0 Å². The van der Waals surface area contributed by atoms with Crippen LogP contribution in [0.3, 0.4) is 0 Å². The fraction of sp³-hybridized carbons (Fsp3) is 0.0714. The van der Waals surface area contributed by atoms with E-state index in [1.165, 1.54) is 5.56 Å². The van der Waals surface area contributed by atoms with Gasteiger partial charge in [0.2, 0.25) is 5.88 Å². The molecule has 3 heterocycles. The third-order valence-electron chi connectivity index (χ3n) is 5.23. The Labute approximate surface area is 196 Å². The van der Waals surface area contributed by atoms with E-state index in [0.717, 1.165) is 16.9 Å². The summed E-state index contributed by atoms with van der Waals surface area (Å²) in [7, 11) is 0. The van der Waals surface area contributed by atoms with Crippen LogP contribution in [0.4, 0.5) is 5.88 Å². The van der Waals surface area contributed by atoms with Crippen molar-refractivity contribution in [2.75, 3.05) is 0 Å². The minimum Gasteiger partial charge on any atom is -0.489 e. The molecule has 5 rings (SSSR count). The molecule has 166 valence electrons. The molecular weight excluding hydrogens is 428 g/mol. The molecule has 0 fully saturated rings. The molecule has 0 aliphatic rings. The van der Waals surface area contributed by atoms with E-state index in [4.69, 9.17) is 18.0 Å². The summed E-state index contributed by atoms with van der Waals surface area (Å²) in [6, 6.07) is 25.0. The molecule has 0 unspecified atom stereocenters. The van der Waals surface area contributed by atoms with Crippen molar-refractivity contribution < 1.29 is 18.0 Å². The number of ether oxygens (including phenoxy) is 1. The fourth-order valence-electron chi connectivity index (χ4n) is 3.52.